The zero-order valence-electron chi connectivity index (χ0n) is 14.7. The molecule has 2 aromatic heterocycles. The summed E-state index contributed by atoms with van der Waals surface area (Å²) >= 11 is 1.22. The highest BCUT2D eigenvalue weighted by molar-refractivity contribution is 7.20. The fourth-order valence-corrected chi connectivity index (χ4v) is 3.55. The molecule has 2 heterocycles. The van der Waals surface area contributed by atoms with Crippen LogP contribution in [0.3, 0.4) is 0 Å². The van der Waals surface area contributed by atoms with Gasteiger partial charge in [0.05, 0.1) is 17.6 Å². The standard InChI is InChI=1S/C18H17N3O5S/c1-10-13-15(21-12-5-3-4-11(8-12)17(22)23)19-9-20-16(13)27-14(10)18(24)26-7-6-25-2/h3-5,8-9H,6-7H2,1-2H3,(H,22,23)(H,19,20,21). The Kier molecular flexibility index (Phi) is 5.63. The second kappa shape index (κ2) is 8.11. The first kappa shape index (κ1) is 18.7. The molecule has 0 radical (unpaired) electrons. The average molecular weight is 387 g/mol. The maximum atomic E-state index is 12.3. The van der Waals surface area contributed by atoms with Crippen LogP contribution in [0.1, 0.15) is 25.6 Å². The third-order valence-electron chi connectivity index (χ3n) is 3.81. The minimum Gasteiger partial charge on any atom is -0.478 e. The third kappa shape index (κ3) is 4.04. The number of nitrogens with one attached hydrogen (secondary N) is 1. The predicted octanol–water partition coefficient (Wildman–Crippen LogP) is 3.24. The molecule has 0 amide bonds. The van der Waals surface area contributed by atoms with Gasteiger partial charge in [-0.25, -0.2) is 19.6 Å². The number of nitrogens with zero attached hydrogens (tertiary/aromatic N) is 2. The molecule has 2 N–H and O–H groups in total. The van der Waals surface area contributed by atoms with Gasteiger partial charge in [-0.3, -0.25) is 0 Å². The maximum Gasteiger partial charge on any atom is 0.348 e. The van der Waals surface area contributed by atoms with Crippen LogP contribution >= 0.6 is 11.3 Å². The van der Waals surface area contributed by atoms with Crippen molar-refractivity contribution < 1.29 is 24.2 Å². The minimum atomic E-state index is -1.01. The molecule has 0 fully saturated rings. The van der Waals surface area contributed by atoms with E-state index < -0.39 is 11.9 Å². The van der Waals surface area contributed by atoms with Crippen molar-refractivity contribution in [2.45, 2.75) is 6.92 Å². The number of aromatic nitrogens is 2. The van der Waals surface area contributed by atoms with Gasteiger partial charge >= 0.3 is 11.9 Å². The highest BCUT2D eigenvalue weighted by atomic mass is 32.1. The summed E-state index contributed by atoms with van der Waals surface area (Å²) in [6, 6.07) is 6.40. The molecule has 0 spiro atoms. The van der Waals surface area contributed by atoms with Crippen molar-refractivity contribution in [3.05, 3.63) is 46.6 Å². The molecular formula is C18H17N3O5S. The largest absolute Gasteiger partial charge is 0.478 e. The van der Waals surface area contributed by atoms with Crippen LogP contribution in [0.2, 0.25) is 0 Å². The Morgan fingerprint density at radius 2 is 2.07 bits per heavy atom. The SMILES string of the molecule is COCCOC(=O)c1sc2ncnc(Nc3cccc(C(=O)O)c3)c2c1C. The first-order valence-electron chi connectivity index (χ1n) is 8.01. The maximum absolute atomic E-state index is 12.3. The number of benzene rings is 1. The monoisotopic (exact) mass is 387 g/mol. The number of anilines is 2. The quantitative estimate of drug-likeness (QED) is 0.469. The number of aryl methyl sites for hydroxylation is 1. The molecule has 9 heteroatoms. The summed E-state index contributed by atoms with van der Waals surface area (Å²) in [5.74, 6) is -0.960. The van der Waals surface area contributed by atoms with Crippen molar-refractivity contribution in [3.8, 4) is 0 Å². The van der Waals surface area contributed by atoms with E-state index in [4.69, 9.17) is 14.6 Å². The lowest BCUT2D eigenvalue weighted by Gasteiger charge is -2.08. The number of ether oxygens (including phenoxy) is 2. The number of esters is 1. The summed E-state index contributed by atoms with van der Waals surface area (Å²) in [5, 5.41) is 12.9. The highest BCUT2D eigenvalue weighted by Crippen LogP contribution is 2.34. The molecule has 0 saturated carbocycles. The lowest BCUT2D eigenvalue weighted by atomic mass is 10.2. The normalized spacial score (nSPS) is 10.7. The number of carboxylic acid groups (broad SMARTS) is 1. The first-order chi connectivity index (χ1) is 13.0. The molecule has 0 aliphatic rings. The topological polar surface area (TPSA) is 111 Å². The van der Waals surface area contributed by atoms with Crippen molar-refractivity contribution >= 4 is 45.0 Å². The van der Waals surface area contributed by atoms with E-state index in [1.807, 2.05) is 0 Å². The van der Waals surface area contributed by atoms with Gasteiger partial charge in [-0.1, -0.05) is 6.07 Å². The van der Waals surface area contributed by atoms with E-state index in [-0.39, 0.29) is 12.2 Å². The van der Waals surface area contributed by atoms with Crippen molar-refractivity contribution in [1.29, 1.82) is 0 Å². The molecule has 8 nitrogen and oxygen atoms in total. The number of carboxylic acids is 1. The van der Waals surface area contributed by atoms with E-state index in [0.717, 1.165) is 0 Å². The van der Waals surface area contributed by atoms with Crippen LogP contribution in [0.25, 0.3) is 10.2 Å². The van der Waals surface area contributed by atoms with E-state index in [9.17, 15) is 9.59 Å². The van der Waals surface area contributed by atoms with Crippen molar-refractivity contribution in [2.24, 2.45) is 0 Å². The van der Waals surface area contributed by atoms with Gasteiger partial charge in [0.25, 0.3) is 0 Å². The number of fused-ring (bicyclic) bond motifs is 1. The van der Waals surface area contributed by atoms with Crippen molar-refractivity contribution in [1.82, 2.24) is 9.97 Å². The molecule has 140 valence electrons. The summed E-state index contributed by atoms with van der Waals surface area (Å²) in [6.07, 6.45) is 1.39. The van der Waals surface area contributed by atoms with Crippen molar-refractivity contribution in [3.63, 3.8) is 0 Å². The van der Waals surface area contributed by atoms with Gasteiger partial charge in [-0.15, -0.1) is 11.3 Å². The van der Waals surface area contributed by atoms with Crippen LogP contribution in [0.4, 0.5) is 11.5 Å². The van der Waals surface area contributed by atoms with Crippen molar-refractivity contribution in [2.75, 3.05) is 25.6 Å². The Balaban J connectivity index is 1.94. The molecule has 0 atom stereocenters. The Hall–Kier alpha value is -3.04. The predicted molar refractivity (Wildman–Crippen MR) is 101 cm³/mol. The molecule has 0 aliphatic heterocycles. The Morgan fingerprint density at radius 1 is 1.26 bits per heavy atom. The van der Waals surface area contributed by atoms with Gasteiger partial charge in [-0.05, 0) is 30.7 Å². The number of hydrogen-bond acceptors (Lipinski definition) is 8. The first-order valence-corrected chi connectivity index (χ1v) is 8.83. The highest BCUT2D eigenvalue weighted by Gasteiger charge is 2.20. The van der Waals surface area contributed by atoms with Gasteiger partial charge < -0.3 is 19.9 Å². The molecule has 3 aromatic rings. The van der Waals surface area contributed by atoms with Gasteiger partial charge in [0.15, 0.2) is 0 Å². The minimum absolute atomic E-state index is 0.162. The molecule has 1 aromatic carbocycles. The Bertz CT molecular complexity index is 1000. The lowest BCUT2D eigenvalue weighted by molar-refractivity contribution is 0.0392. The van der Waals surface area contributed by atoms with Gasteiger partial charge in [0.1, 0.15) is 28.5 Å². The summed E-state index contributed by atoms with van der Waals surface area (Å²) in [6.45, 7) is 2.29. The third-order valence-corrected chi connectivity index (χ3v) is 4.98. The number of aromatic carboxylic acids is 1. The van der Waals surface area contributed by atoms with E-state index in [0.29, 0.717) is 38.8 Å². The van der Waals surface area contributed by atoms with Crippen LogP contribution in [0.15, 0.2) is 30.6 Å². The van der Waals surface area contributed by atoms with Crippen LogP contribution < -0.4 is 5.32 Å². The zero-order chi connectivity index (χ0) is 19.4. The van der Waals surface area contributed by atoms with E-state index in [1.54, 1.807) is 19.1 Å². The second-order valence-corrected chi connectivity index (χ2v) is 6.60. The number of carbonyl (C=O) groups is 2. The lowest BCUT2D eigenvalue weighted by Crippen LogP contribution is -2.09. The fourth-order valence-electron chi connectivity index (χ4n) is 2.51. The number of hydrogen-bond donors (Lipinski definition) is 2. The molecular weight excluding hydrogens is 370 g/mol. The van der Waals surface area contributed by atoms with Crippen LogP contribution in [0.5, 0.6) is 0 Å². The summed E-state index contributed by atoms with van der Waals surface area (Å²) in [7, 11) is 1.53. The molecule has 0 unspecified atom stereocenters. The second-order valence-electron chi connectivity index (χ2n) is 5.60. The van der Waals surface area contributed by atoms with E-state index >= 15 is 0 Å². The smallest absolute Gasteiger partial charge is 0.348 e. The van der Waals surface area contributed by atoms with Crippen LogP contribution in [-0.4, -0.2) is 47.3 Å². The zero-order valence-corrected chi connectivity index (χ0v) is 15.5. The van der Waals surface area contributed by atoms with Crippen LogP contribution in [0, 0.1) is 6.92 Å². The number of rotatable bonds is 7. The summed E-state index contributed by atoms with van der Waals surface area (Å²) < 4.78 is 10.1. The molecule has 3 rings (SSSR count). The van der Waals surface area contributed by atoms with Gasteiger partial charge in [-0.2, -0.15) is 0 Å². The Morgan fingerprint density at radius 3 is 2.81 bits per heavy atom. The number of methoxy groups -OCH3 is 1. The van der Waals surface area contributed by atoms with Gasteiger partial charge in [0, 0.05) is 12.8 Å². The molecule has 0 saturated heterocycles. The molecule has 0 bridgehead atoms. The fraction of sp³-hybridized carbons (Fsp3) is 0.222. The molecule has 0 aliphatic carbocycles. The molecule has 27 heavy (non-hydrogen) atoms. The number of carbonyl (C=O) groups excluding carboxylic acids is 1. The Labute approximate surface area is 158 Å². The van der Waals surface area contributed by atoms with Crippen LogP contribution in [-0.2, 0) is 9.47 Å². The number of thiophene rings is 1. The van der Waals surface area contributed by atoms with E-state index in [1.165, 1.54) is 36.9 Å². The summed E-state index contributed by atoms with van der Waals surface area (Å²) in [4.78, 5) is 33.0. The summed E-state index contributed by atoms with van der Waals surface area (Å²) in [5.41, 5.74) is 1.44. The average Bonchev–Trinajstić information content (AvgIpc) is 3.00. The van der Waals surface area contributed by atoms with E-state index in [2.05, 4.69) is 15.3 Å². The van der Waals surface area contributed by atoms with Gasteiger partial charge in [0.2, 0.25) is 0 Å².